The summed E-state index contributed by atoms with van der Waals surface area (Å²) in [7, 11) is 0. The van der Waals surface area contributed by atoms with E-state index in [1.165, 1.54) is 32.1 Å². The highest BCUT2D eigenvalue weighted by Gasteiger charge is 2.03. The van der Waals surface area contributed by atoms with E-state index in [0.29, 0.717) is 0 Å². The molecule has 0 aliphatic carbocycles. The van der Waals surface area contributed by atoms with Crippen LogP contribution in [0.5, 0.6) is 0 Å². The predicted molar refractivity (Wildman–Crippen MR) is 90.0 cm³/mol. The number of carboxylic acids is 1. The highest BCUT2D eigenvalue weighted by atomic mass is 17.1. The second kappa shape index (κ2) is 16.5. The monoisotopic (exact) mass is 314 g/mol. The standard InChI is InChI=1S/C18H34O4/c1-2-3-4-5-8-11-14-17(22-21)15-12-9-6-7-10-13-16-18(19)20/h12,15,17,21H,2-11,13-14,16H2,1H3,(H,19,20). The number of hydrogen-bond acceptors (Lipinski definition) is 3. The number of carbonyl (C=O) groups is 1. The molecule has 0 amide bonds. The van der Waals surface area contributed by atoms with E-state index in [1.54, 1.807) is 0 Å². The number of carboxylic acid groups (broad SMARTS) is 1. The maximum atomic E-state index is 10.4. The molecule has 4 nitrogen and oxygen atoms in total. The quantitative estimate of drug-likeness (QED) is 0.169. The van der Waals surface area contributed by atoms with Crippen molar-refractivity contribution in [2.45, 2.75) is 96.5 Å². The van der Waals surface area contributed by atoms with Gasteiger partial charge in [0.2, 0.25) is 0 Å². The van der Waals surface area contributed by atoms with Gasteiger partial charge in [0.05, 0.1) is 0 Å². The molecule has 0 heterocycles. The van der Waals surface area contributed by atoms with Crippen LogP contribution in [0.1, 0.15) is 90.4 Å². The van der Waals surface area contributed by atoms with Crippen LogP contribution in [0.2, 0.25) is 0 Å². The lowest BCUT2D eigenvalue weighted by Gasteiger charge is -2.08. The first-order valence-corrected chi connectivity index (χ1v) is 8.89. The molecular weight excluding hydrogens is 280 g/mol. The predicted octanol–water partition coefficient (Wildman–Crippen LogP) is 5.58. The van der Waals surface area contributed by atoms with E-state index in [-0.39, 0.29) is 12.5 Å². The topological polar surface area (TPSA) is 66.8 Å². The molecule has 0 aliphatic rings. The minimum Gasteiger partial charge on any atom is -0.481 e. The zero-order chi connectivity index (χ0) is 16.5. The summed E-state index contributed by atoms with van der Waals surface area (Å²) < 4.78 is 0. The molecule has 0 aromatic rings. The van der Waals surface area contributed by atoms with Crippen LogP contribution in [0.4, 0.5) is 0 Å². The lowest BCUT2D eigenvalue weighted by atomic mass is 10.1. The van der Waals surface area contributed by atoms with Crippen LogP contribution in [-0.2, 0) is 9.68 Å². The molecule has 4 heteroatoms. The van der Waals surface area contributed by atoms with Crippen LogP contribution in [-0.4, -0.2) is 22.4 Å². The molecule has 22 heavy (non-hydrogen) atoms. The minimum atomic E-state index is -0.711. The third-order valence-electron chi connectivity index (χ3n) is 3.84. The summed E-state index contributed by atoms with van der Waals surface area (Å²) in [5.74, 6) is -0.711. The molecule has 0 rings (SSSR count). The van der Waals surface area contributed by atoms with Crippen LogP contribution in [0.15, 0.2) is 12.2 Å². The number of aliphatic carboxylic acids is 1. The third kappa shape index (κ3) is 15.5. The molecule has 0 aromatic heterocycles. The summed E-state index contributed by atoms with van der Waals surface area (Å²) >= 11 is 0. The van der Waals surface area contributed by atoms with E-state index in [2.05, 4.69) is 17.9 Å². The molecule has 0 bridgehead atoms. The first-order chi connectivity index (χ1) is 10.7. The molecule has 0 saturated carbocycles. The third-order valence-corrected chi connectivity index (χ3v) is 3.84. The minimum absolute atomic E-state index is 0.182. The first-order valence-electron chi connectivity index (χ1n) is 8.89. The van der Waals surface area contributed by atoms with Crippen LogP contribution in [0, 0.1) is 0 Å². The van der Waals surface area contributed by atoms with Gasteiger partial charge in [-0.2, -0.15) is 0 Å². The second-order valence-corrected chi connectivity index (χ2v) is 5.98. The van der Waals surface area contributed by atoms with E-state index >= 15 is 0 Å². The van der Waals surface area contributed by atoms with E-state index in [0.717, 1.165) is 44.9 Å². The zero-order valence-electron chi connectivity index (χ0n) is 14.1. The molecule has 0 radical (unpaired) electrons. The van der Waals surface area contributed by atoms with E-state index in [4.69, 9.17) is 10.4 Å². The van der Waals surface area contributed by atoms with E-state index in [9.17, 15) is 4.79 Å². The van der Waals surface area contributed by atoms with E-state index < -0.39 is 5.97 Å². The number of allylic oxidation sites excluding steroid dienone is 1. The first kappa shape index (κ1) is 21.1. The van der Waals surface area contributed by atoms with Gasteiger partial charge in [-0.15, -0.1) is 0 Å². The number of rotatable bonds is 16. The Morgan fingerprint density at radius 1 is 1.00 bits per heavy atom. The van der Waals surface area contributed by atoms with Crippen LogP contribution < -0.4 is 0 Å². The maximum Gasteiger partial charge on any atom is 0.303 e. The van der Waals surface area contributed by atoms with Crippen molar-refractivity contribution in [3.05, 3.63) is 12.2 Å². The average Bonchev–Trinajstić information content (AvgIpc) is 2.50. The fourth-order valence-electron chi connectivity index (χ4n) is 2.45. The number of hydrogen-bond donors (Lipinski definition) is 2. The maximum absolute atomic E-state index is 10.4. The molecule has 130 valence electrons. The lowest BCUT2D eigenvalue weighted by Crippen LogP contribution is -2.06. The van der Waals surface area contributed by atoms with Gasteiger partial charge in [0, 0.05) is 6.42 Å². The van der Waals surface area contributed by atoms with Crippen molar-refractivity contribution in [2.75, 3.05) is 0 Å². The van der Waals surface area contributed by atoms with Crippen LogP contribution in [0.3, 0.4) is 0 Å². The van der Waals surface area contributed by atoms with Gasteiger partial charge in [0.15, 0.2) is 0 Å². The van der Waals surface area contributed by atoms with Gasteiger partial charge in [-0.3, -0.25) is 10.1 Å². The Morgan fingerprint density at radius 3 is 2.32 bits per heavy atom. The van der Waals surface area contributed by atoms with Crippen molar-refractivity contribution in [3.63, 3.8) is 0 Å². The fraction of sp³-hybridized carbons (Fsp3) is 0.833. The van der Waals surface area contributed by atoms with Gasteiger partial charge < -0.3 is 5.11 Å². The van der Waals surface area contributed by atoms with Crippen molar-refractivity contribution in [2.24, 2.45) is 0 Å². The van der Waals surface area contributed by atoms with Crippen molar-refractivity contribution < 1.29 is 20.0 Å². The highest BCUT2D eigenvalue weighted by Crippen LogP contribution is 2.12. The van der Waals surface area contributed by atoms with Crippen LogP contribution >= 0.6 is 0 Å². The summed E-state index contributed by atoms with van der Waals surface area (Å²) in [6.07, 6.45) is 17.2. The molecule has 1 atom stereocenters. The Kier molecular flexibility index (Phi) is 15.8. The molecule has 0 saturated heterocycles. The van der Waals surface area contributed by atoms with Crippen LogP contribution in [0.25, 0.3) is 0 Å². The molecule has 2 N–H and O–H groups in total. The molecule has 0 aliphatic heterocycles. The van der Waals surface area contributed by atoms with Gasteiger partial charge in [-0.05, 0) is 25.7 Å². The van der Waals surface area contributed by atoms with Gasteiger partial charge >= 0.3 is 5.97 Å². The summed E-state index contributed by atoms with van der Waals surface area (Å²) in [5.41, 5.74) is 0. The zero-order valence-corrected chi connectivity index (χ0v) is 14.1. The normalized spacial score (nSPS) is 12.8. The molecule has 0 aromatic carbocycles. The van der Waals surface area contributed by atoms with Gasteiger partial charge in [-0.1, -0.05) is 70.4 Å². The highest BCUT2D eigenvalue weighted by molar-refractivity contribution is 5.66. The largest absolute Gasteiger partial charge is 0.481 e. The smallest absolute Gasteiger partial charge is 0.303 e. The summed E-state index contributed by atoms with van der Waals surface area (Å²) in [6, 6.07) is 0. The number of unbranched alkanes of at least 4 members (excludes halogenated alkanes) is 9. The Bertz CT molecular complexity index is 276. The van der Waals surface area contributed by atoms with Gasteiger partial charge in [-0.25, -0.2) is 4.89 Å². The fourth-order valence-corrected chi connectivity index (χ4v) is 2.45. The Hall–Kier alpha value is -0.870. The van der Waals surface area contributed by atoms with Crippen molar-refractivity contribution in [3.8, 4) is 0 Å². The Balaban J connectivity index is 3.47. The Morgan fingerprint density at radius 2 is 1.64 bits per heavy atom. The van der Waals surface area contributed by atoms with Crippen molar-refractivity contribution in [1.29, 1.82) is 0 Å². The average molecular weight is 314 g/mol. The Labute approximate surface area is 135 Å². The van der Waals surface area contributed by atoms with Gasteiger partial charge in [0.25, 0.3) is 0 Å². The summed E-state index contributed by atoms with van der Waals surface area (Å²) in [5, 5.41) is 17.4. The van der Waals surface area contributed by atoms with Gasteiger partial charge in [0.1, 0.15) is 6.10 Å². The van der Waals surface area contributed by atoms with E-state index in [1.807, 2.05) is 6.08 Å². The molecule has 0 fully saturated rings. The second-order valence-electron chi connectivity index (χ2n) is 5.98. The van der Waals surface area contributed by atoms with Crippen molar-refractivity contribution in [1.82, 2.24) is 0 Å². The molecular formula is C18H34O4. The molecule has 0 spiro atoms. The van der Waals surface area contributed by atoms with Crippen molar-refractivity contribution >= 4 is 5.97 Å². The SMILES string of the molecule is CCCCCCCCC(C=CCCCCCCC(=O)O)OO. The molecule has 1 unspecified atom stereocenters. The summed E-state index contributed by atoms with van der Waals surface area (Å²) in [6.45, 7) is 2.21. The summed E-state index contributed by atoms with van der Waals surface area (Å²) in [4.78, 5) is 14.9. The lowest BCUT2D eigenvalue weighted by molar-refractivity contribution is -0.267.